The molecule has 0 aliphatic heterocycles. The van der Waals surface area contributed by atoms with Crippen molar-refractivity contribution in [2.75, 3.05) is 6.54 Å². The van der Waals surface area contributed by atoms with Crippen LogP contribution in [0.2, 0.25) is 5.02 Å². The molecule has 4 saturated carbocycles. The van der Waals surface area contributed by atoms with Gasteiger partial charge in [-0.25, -0.2) is 0 Å². The molecule has 1 heterocycles. The smallest absolute Gasteiger partial charge is 0.270 e. The molecule has 0 spiro atoms. The Labute approximate surface area is 169 Å². The fourth-order valence-corrected chi connectivity index (χ4v) is 6.01. The Morgan fingerprint density at radius 2 is 1.64 bits per heavy atom. The highest BCUT2D eigenvalue weighted by Crippen LogP contribution is 2.61. The number of rotatable bonds is 5. The van der Waals surface area contributed by atoms with Crippen LogP contribution in [-0.4, -0.2) is 29.3 Å². The van der Waals surface area contributed by atoms with Gasteiger partial charge in [0.2, 0.25) is 5.91 Å². The number of nitrogens with one attached hydrogen (secondary N) is 3. The van der Waals surface area contributed by atoms with Crippen LogP contribution in [0.5, 0.6) is 0 Å². The molecular weight excluding hydrogens is 380 g/mol. The van der Waals surface area contributed by atoms with E-state index in [9.17, 15) is 14.4 Å². The first kappa shape index (κ1) is 19.2. The Kier molecular flexibility index (Phi) is 5.27. The summed E-state index contributed by atoms with van der Waals surface area (Å²) in [6.07, 6.45) is 9.31. The molecule has 4 aliphatic rings. The van der Waals surface area contributed by atoms with E-state index >= 15 is 0 Å². The topological polar surface area (TPSA) is 100 Å². The Morgan fingerprint density at radius 3 is 2.25 bits per heavy atom. The van der Waals surface area contributed by atoms with Gasteiger partial charge in [0.15, 0.2) is 0 Å². The van der Waals surface area contributed by atoms with E-state index in [1.54, 1.807) is 6.07 Å². The van der Waals surface area contributed by atoms with Gasteiger partial charge in [0, 0.05) is 17.6 Å². The quantitative estimate of drug-likeness (QED) is 0.655. The zero-order valence-corrected chi connectivity index (χ0v) is 16.4. The van der Waals surface area contributed by atoms with Crippen molar-refractivity contribution in [2.24, 2.45) is 23.2 Å². The molecule has 28 heavy (non-hydrogen) atoms. The van der Waals surface area contributed by atoms with Crippen LogP contribution >= 0.6 is 11.6 Å². The average molecular weight is 405 g/mol. The lowest BCUT2D eigenvalue weighted by Gasteiger charge is -2.56. The number of nitrogens with zero attached hydrogens (tertiary/aromatic N) is 1. The number of amides is 3. The van der Waals surface area contributed by atoms with Crippen molar-refractivity contribution in [2.45, 2.75) is 44.9 Å². The van der Waals surface area contributed by atoms with Gasteiger partial charge >= 0.3 is 0 Å². The molecule has 1 aromatic rings. The first-order valence-electron chi connectivity index (χ1n) is 9.88. The molecule has 0 radical (unpaired) electrons. The van der Waals surface area contributed by atoms with Crippen LogP contribution in [0.4, 0.5) is 0 Å². The summed E-state index contributed by atoms with van der Waals surface area (Å²) < 4.78 is 0. The number of pyridine rings is 1. The SMILES string of the molecule is O=C(CNC(=O)c1cc(Cl)ccn1)NNC(=O)CC12CC3CC(CC(C3)C1)C2. The summed E-state index contributed by atoms with van der Waals surface area (Å²) in [6, 6.07) is 2.98. The lowest BCUT2D eigenvalue weighted by Crippen LogP contribution is -2.51. The summed E-state index contributed by atoms with van der Waals surface area (Å²) in [4.78, 5) is 40.2. The average Bonchev–Trinajstić information content (AvgIpc) is 2.63. The van der Waals surface area contributed by atoms with E-state index in [0.717, 1.165) is 37.0 Å². The van der Waals surface area contributed by atoms with Crippen molar-refractivity contribution in [1.82, 2.24) is 21.2 Å². The molecule has 1 aromatic heterocycles. The third-order valence-electron chi connectivity index (χ3n) is 6.41. The Morgan fingerprint density at radius 1 is 1.04 bits per heavy atom. The molecule has 7 nitrogen and oxygen atoms in total. The second kappa shape index (κ2) is 7.70. The summed E-state index contributed by atoms with van der Waals surface area (Å²) >= 11 is 5.82. The van der Waals surface area contributed by atoms with Gasteiger partial charge in [-0.3, -0.25) is 30.2 Å². The highest BCUT2D eigenvalue weighted by molar-refractivity contribution is 6.30. The largest absolute Gasteiger partial charge is 0.342 e. The molecule has 150 valence electrons. The first-order chi connectivity index (χ1) is 13.4. The third-order valence-corrected chi connectivity index (χ3v) is 6.64. The zero-order chi connectivity index (χ0) is 19.7. The van der Waals surface area contributed by atoms with Crippen molar-refractivity contribution in [3.63, 3.8) is 0 Å². The van der Waals surface area contributed by atoms with Crippen molar-refractivity contribution in [3.05, 3.63) is 29.0 Å². The van der Waals surface area contributed by atoms with Gasteiger partial charge in [0.05, 0.1) is 6.54 Å². The Hall–Kier alpha value is -2.15. The fraction of sp³-hybridized carbons (Fsp3) is 0.600. The minimum absolute atomic E-state index is 0.121. The molecule has 0 saturated heterocycles. The number of hydrogen-bond donors (Lipinski definition) is 3. The predicted molar refractivity (Wildman–Crippen MR) is 103 cm³/mol. The number of halogens is 1. The van der Waals surface area contributed by atoms with E-state index in [-0.39, 0.29) is 23.6 Å². The maximum atomic E-state index is 12.4. The second-order valence-electron chi connectivity index (χ2n) is 8.73. The molecule has 5 rings (SSSR count). The van der Waals surface area contributed by atoms with E-state index < -0.39 is 11.8 Å². The van der Waals surface area contributed by atoms with Gasteiger partial charge in [-0.15, -0.1) is 0 Å². The predicted octanol–water partition coefficient (Wildman–Crippen LogP) is 2.22. The van der Waals surface area contributed by atoms with Gasteiger partial charge < -0.3 is 5.32 Å². The van der Waals surface area contributed by atoms with Gasteiger partial charge in [0.25, 0.3) is 11.8 Å². The Bertz CT molecular complexity index is 762. The van der Waals surface area contributed by atoms with E-state index in [4.69, 9.17) is 11.6 Å². The minimum Gasteiger partial charge on any atom is -0.342 e. The lowest BCUT2D eigenvalue weighted by molar-refractivity contribution is -0.134. The van der Waals surface area contributed by atoms with E-state index in [1.807, 2.05) is 0 Å². The molecule has 0 atom stereocenters. The third kappa shape index (κ3) is 4.29. The van der Waals surface area contributed by atoms with Crippen molar-refractivity contribution in [1.29, 1.82) is 0 Å². The van der Waals surface area contributed by atoms with Crippen LogP contribution in [0.15, 0.2) is 18.3 Å². The standard InChI is InChI=1S/C20H25ClN4O3/c21-15-1-2-22-16(6-15)19(28)23-11-18(27)25-24-17(26)10-20-7-12-3-13(8-20)5-14(4-12)9-20/h1-2,6,12-14H,3-5,7-11H2,(H,23,28)(H,24,26)(H,25,27). The monoisotopic (exact) mass is 404 g/mol. The molecule has 3 N–H and O–H groups in total. The second-order valence-corrected chi connectivity index (χ2v) is 9.17. The summed E-state index contributed by atoms with van der Waals surface area (Å²) in [6.45, 7) is -0.259. The van der Waals surface area contributed by atoms with Crippen molar-refractivity contribution < 1.29 is 14.4 Å². The lowest BCUT2D eigenvalue weighted by atomic mass is 9.49. The van der Waals surface area contributed by atoms with E-state index in [0.29, 0.717) is 11.4 Å². The normalized spacial score (nSPS) is 30.0. The summed E-state index contributed by atoms with van der Waals surface area (Å²) in [5.74, 6) is 1.20. The van der Waals surface area contributed by atoms with Crippen molar-refractivity contribution >= 4 is 29.3 Å². The number of hydrogen-bond acceptors (Lipinski definition) is 4. The molecule has 4 bridgehead atoms. The summed E-state index contributed by atoms with van der Waals surface area (Å²) in [7, 11) is 0. The molecule has 0 unspecified atom stereocenters. The highest BCUT2D eigenvalue weighted by Gasteiger charge is 2.51. The number of carbonyl (C=O) groups is 3. The van der Waals surface area contributed by atoms with E-state index in [2.05, 4.69) is 21.2 Å². The van der Waals surface area contributed by atoms with Crippen LogP contribution in [0, 0.1) is 23.2 Å². The first-order valence-corrected chi connectivity index (χ1v) is 10.3. The van der Waals surface area contributed by atoms with Crippen LogP contribution in [0.3, 0.4) is 0 Å². The van der Waals surface area contributed by atoms with Crippen molar-refractivity contribution in [3.8, 4) is 0 Å². The summed E-state index contributed by atoms with van der Waals surface area (Å²) in [5.41, 5.74) is 5.14. The number of aromatic nitrogens is 1. The number of carbonyl (C=O) groups excluding carboxylic acids is 3. The van der Waals surface area contributed by atoms with Crippen LogP contribution in [0.1, 0.15) is 55.4 Å². The maximum Gasteiger partial charge on any atom is 0.270 e. The van der Waals surface area contributed by atoms with Gasteiger partial charge in [-0.2, -0.15) is 0 Å². The highest BCUT2D eigenvalue weighted by atomic mass is 35.5. The summed E-state index contributed by atoms with van der Waals surface area (Å²) in [5, 5.41) is 2.84. The molecule has 8 heteroatoms. The van der Waals surface area contributed by atoms with Crippen LogP contribution in [-0.2, 0) is 9.59 Å². The maximum absolute atomic E-state index is 12.4. The molecule has 3 amide bonds. The zero-order valence-electron chi connectivity index (χ0n) is 15.7. The van der Waals surface area contributed by atoms with E-state index in [1.165, 1.54) is 31.5 Å². The molecular formula is C20H25ClN4O3. The molecule has 4 aliphatic carbocycles. The van der Waals surface area contributed by atoms with Crippen LogP contribution < -0.4 is 16.2 Å². The van der Waals surface area contributed by atoms with Crippen LogP contribution in [0.25, 0.3) is 0 Å². The van der Waals surface area contributed by atoms with Gasteiger partial charge in [-0.05, 0) is 73.8 Å². The molecule has 0 aromatic carbocycles. The minimum atomic E-state index is -0.502. The fourth-order valence-electron chi connectivity index (χ4n) is 5.85. The number of hydrazine groups is 1. The Balaban J connectivity index is 1.21. The van der Waals surface area contributed by atoms with Gasteiger partial charge in [-0.1, -0.05) is 11.6 Å². The van der Waals surface area contributed by atoms with Gasteiger partial charge in [0.1, 0.15) is 5.69 Å². The molecule has 4 fully saturated rings.